The average Bonchev–Trinajstić information content (AvgIpc) is 3.53. The number of oxime groups is 1. The number of hydrogen-bond acceptors (Lipinski definition) is 7. The van der Waals surface area contributed by atoms with Gasteiger partial charge in [-0.1, -0.05) is 19.4 Å². The smallest absolute Gasteiger partial charge is 0.256 e. The van der Waals surface area contributed by atoms with Crippen LogP contribution in [0.3, 0.4) is 0 Å². The van der Waals surface area contributed by atoms with E-state index in [1.807, 2.05) is 0 Å². The predicted molar refractivity (Wildman–Crippen MR) is 161 cm³/mol. The maximum Gasteiger partial charge on any atom is 0.256 e. The number of piperidine rings is 1. The fourth-order valence-electron chi connectivity index (χ4n) is 5.48. The summed E-state index contributed by atoms with van der Waals surface area (Å²) in [6, 6.07) is 7.44. The number of fused-ring (bicyclic) bond motifs is 1. The Bertz CT molecular complexity index is 1250. The minimum absolute atomic E-state index is 0.0583. The summed E-state index contributed by atoms with van der Waals surface area (Å²) in [5.74, 6) is -0.00173. The topological polar surface area (TPSA) is 81.9 Å². The van der Waals surface area contributed by atoms with Crippen molar-refractivity contribution in [2.24, 2.45) is 21.1 Å². The number of amidine groups is 1. The van der Waals surface area contributed by atoms with Crippen LogP contribution in [0.25, 0.3) is 11.1 Å². The maximum atomic E-state index is 15.0. The molecule has 0 aliphatic carbocycles. The summed E-state index contributed by atoms with van der Waals surface area (Å²) in [4.78, 5) is 29.8. The molecule has 0 spiro atoms. The normalized spacial score (nSPS) is 16.6. The first-order chi connectivity index (χ1) is 20.0. The van der Waals surface area contributed by atoms with Crippen LogP contribution in [0.5, 0.6) is 0 Å². The van der Waals surface area contributed by atoms with E-state index in [9.17, 15) is 9.18 Å². The third kappa shape index (κ3) is 7.48. The lowest BCUT2D eigenvalue weighted by atomic mass is 9.94. The molecular weight excluding hydrogens is 526 g/mol. The number of halogens is 2. The van der Waals surface area contributed by atoms with Crippen molar-refractivity contribution in [1.82, 2.24) is 9.80 Å². The maximum absolute atomic E-state index is 15.0. The van der Waals surface area contributed by atoms with Crippen molar-refractivity contribution in [3.05, 3.63) is 53.1 Å². The molecule has 3 aliphatic heterocycles. The van der Waals surface area contributed by atoms with Crippen LogP contribution in [0, 0.1) is 17.6 Å². The van der Waals surface area contributed by atoms with Gasteiger partial charge in [0.25, 0.3) is 5.91 Å². The van der Waals surface area contributed by atoms with Crippen molar-refractivity contribution in [3.8, 4) is 11.1 Å². The molecule has 5 rings (SSSR count). The number of hydrogen-bond donors (Lipinski definition) is 1. The van der Waals surface area contributed by atoms with Gasteiger partial charge in [-0.25, -0.2) is 13.8 Å². The van der Waals surface area contributed by atoms with Gasteiger partial charge in [0.2, 0.25) is 0 Å². The standard InChI is InChI=1S/C26H29F2N5O.C5H11NO/c1-29-15-17-6-10-32(11-7-17)25-22-14-19(27)13-21(24(22)30-16-31-25)18-4-5-20(23(28)12-18)26(34)33-8-2-3-9-33;1-3-4-5-7-6-2/h4-5,12-14,17,30H,1-3,6-11,15-16H2;2-5H2,1H3. The first kappa shape index (κ1) is 30.1. The summed E-state index contributed by atoms with van der Waals surface area (Å²) >= 11 is 0. The zero-order valence-corrected chi connectivity index (χ0v) is 23.9. The van der Waals surface area contributed by atoms with Crippen LogP contribution in [0.15, 0.2) is 45.5 Å². The van der Waals surface area contributed by atoms with Crippen molar-refractivity contribution >= 4 is 30.9 Å². The number of anilines is 1. The van der Waals surface area contributed by atoms with Crippen LogP contribution in [0.4, 0.5) is 14.5 Å². The Morgan fingerprint density at radius 1 is 1.10 bits per heavy atom. The Labute approximate surface area is 241 Å². The lowest BCUT2D eigenvalue weighted by Crippen LogP contribution is -2.41. The highest BCUT2D eigenvalue weighted by Crippen LogP contribution is 2.36. The van der Waals surface area contributed by atoms with E-state index in [1.165, 1.54) is 24.3 Å². The van der Waals surface area contributed by atoms with Gasteiger partial charge in [0.15, 0.2) is 0 Å². The summed E-state index contributed by atoms with van der Waals surface area (Å²) in [6.45, 7) is 13.7. The summed E-state index contributed by atoms with van der Waals surface area (Å²) in [7, 11) is 0. The van der Waals surface area contributed by atoms with Crippen molar-refractivity contribution < 1.29 is 18.4 Å². The quantitative estimate of drug-likeness (QED) is 0.248. The largest absolute Gasteiger partial charge is 0.396 e. The summed E-state index contributed by atoms with van der Waals surface area (Å²) < 4.78 is 29.8. The molecule has 41 heavy (non-hydrogen) atoms. The van der Waals surface area contributed by atoms with E-state index in [0.29, 0.717) is 49.0 Å². The van der Waals surface area contributed by atoms with Gasteiger partial charge in [-0.05, 0) is 74.6 Å². The molecule has 3 heterocycles. The van der Waals surface area contributed by atoms with E-state index in [2.05, 4.69) is 50.6 Å². The lowest BCUT2D eigenvalue weighted by Gasteiger charge is -2.36. The molecule has 2 saturated heterocycles. The van der Waals surface area contributed by atoms with Crippen LogP contribution in [0.2, 0.25) is 0 Å². The molecule has 10 heteroatoms. The molecule has 2 aromatic rings. The fraction of sp³-hybridized carbons (Fsp3) is 0.484. The number of carbonyl (C=O) groups is 1. The highest BCUT2D eigenvalue weighted by Gasteiger charge is 2.28. The van der Waals surface area contributed by atoms with E-state index in [1.54, 1.807) is 11.0 Å². The van der Waals surface area contributed by atoms with Gasteiger partial charge in [-0.3, -0.25) is 4.79 Å². The average molecular weight is 567 g/mol. The molecule has 0 saturated carbocycles. The molecule has 0 aromatic heterocycles. The predicted octanol–water partition coefficient (Wildman–Crippen LogP) is 5.83. The minimum atomic E-state index is -0.588. The van der Waals surface area contributed by atoms with Crippen molar-refractivity contribution in [1.29, 1.82) is 0 Å². The Kier molecular flexibility index (Phi) is 10.8. The number of rotatable bonds is 8. The molecule has 0 unspecified atom stereocenters. The van der Waals surface area contributed by atoms with E-state index < -0.39 is 11.6 Å². The highest BCUT2D eigenvalue weighted by atomic mass is 19.1. The molecule has 3 aliphatic rings. The van der Waals surface area contributed by atoms with Gasteiger partial charge < -0.3 is 24.9 Å². The number of unbranched alkanes of at least 4 members (excludes halogenated alkanes) is 1. The first-order valence-corrected chi connectivity index (χ1v) is 14.4. The van der Waals surface area contributed by atoms with Gasteiger partial charge in [0.05, 0.1) is 11.3 Å². The Morgan fingerprint density at radius 3 is 2.49 bits per heavy atom. The van der Waals surface area contributed by atoms with Gasteiger partial charge in [-0.2, -0.15) is 0 Å². The number of nitrogens with zero attached hydrogens (tertiary/aromatic N) is 5. The van der Waals surface area contributed by atoms with Crippen LogP contribution in [-0.2, 0) is 4.84 Å². The second kappa shape index (κ2) is 14.7. The molecule has 1 amide bonds. The summed E-state index contributed by atoms with van der Waals surface area (Å²) in [5, 5.41) is 6.48. The van der Waals surface area contributed by atoms with Gasteiger partial charge in [-0.15, -0.1) is 5.16 Å². The number of carbonyl (C=O) groups excluding carboxylic acids is 1. The van der Waals surface area contributed by atoms with E-state index in [-0.39, 0.29) is 11.5 Å². The Balaban J connectivity index is 0.000000493. The number of aliphatic imine (C=N–C) groups is 2. The van der Waals surface area contributed by atoms with Crippen LogP contribution in [0.1, 0.15) is 61.4 Å². The molecule has 0 atom stereocenters. The van der Waals surface area contributed by atoms with Crippen molar-refractivity contribution in [2.75, 3.05) is 51.3 Å². The van der Waals surface area contributed by atoms with Gasteiger partial charge in [0.1, 0.15) is 30.7 Å². The minimum Gasteiger partial charge on any atom is -0.396 e. The molecule has 0 bridgehead atoms. The zero-order chi connectivity index (χ0) is 29.2. The van der Waals surface area contributed by atoms with Gasteiger partial charge in [0, 0.05) is 50.6 Å². The molecular formula is C31H40F2N6O2. The lowest BCUT2D eigenvalue weighted by molar-refractivity contribution is 0.0788. The highest BCUT2D eigenvalue weighted by molar-refractivity contribution is 6.08. The number of nitrogens with one attached hydrogen (secondary N) is 1. The van der Waals surface area contributed by atoms with Crippen molar-refractivity contribution in [3.63, 3.8) is 0 Å². The number of benzene rings is 2. The Morgan fingerprint density at radius 2 is 1.83 bits per heavy atom. The van der Waals surface area contributed by atoms with E-state index in [0.717, 1.165) is 69.7 Å². The Hall–Kier alpha value is -3.82. The number of amides is 1. The van der Waals surface area contributed by atoms with Crippen LogP contribution < -0.4 is 5.32 Å². The molecule has 1 N–H and O–H groups in total. The second-order valence-corrected chi connectivity index (χ2v) is 10.5. The molecule has 2 fully saturated rings. The van der Waals surface area contributed by atoms with Crippen LogP contribution in [-0.4, -0.2) is 81.0 Å². The first-order valence-electron chi connectivity index (χ1n) is 14.4. The molecule has 0 radical (unpaired) electrons. The molecule has 8 nitrogen and oxygen atoms in total. The molecule has 2 aromatic carbocycles. The third-order valence-electron chi connectivity index (χ3n) is 7.71. The zero-order valence-electron chi connectivity index (χ0n) is 23.9. The van der Waals surface area contributed by atoms with E-state index >= 15 is 4.39 Å². The monoisotopic (exact) mass is 566 g/mol. The fourth-order valence-corrected chi connectivity index (χ4v) is 5.48. The van der Waals surface area contributed by atoms with E-state index in [4.69, 9.17) is 0 Å². The van der Waals surface area contributed by atoms with Crippen molar-refractivity contribution in [2.45, 2.75) is 45.4 Å². The summed E-state index contributed by atoms with van der Waals surface area (Å²) in [5.41, 5.74) is 2.56. The van der Waals surface area contributed by atoms with Gasteiger partial charge >= 0.3 is 0 Å². The van der Waals surface area contributed by atoms with Crippen LogP contribution >= 0.6 is 0 Å². The third-order valence-corrected chi connectivity index (χ3v) is 7.71. The number of likely N-dealkylation sites (tertiary alicyclic amines) is 2. The molecule has 220 valence electrons. The summed E-state index contributed by atoms with van der Waals surface area (Å²) in [6.07, 6.45) is 6.08. The second-order valence-electron chi connectivity index (χ2n) is 10.5. The SMILES string of the molecule is C=NCC1CCN(C2=NCNc3c2cc(F)cc3-c2ccc(C(=O)N3CCCC3)c(F)c2)CC1.C=NOCCCC.